The van der Waals surface area contributed by atoms with Crippen LogP contribution in [0.2, 0.25) is 5.02 Å². The van der Waals surface area contributed by atoms with Gasteiger partial charge in [-0.2, -0.15) is 0 Å². The standard InChI is InChI=1S/C19H24ClN5O3/c1-18(10-26)8-24(9-18)13-4-14(20)17(21-5-13)15-6-25(23-22-15)7-16-27-11-19(2-3-19)12-28-16/h4-6,16,26H,2-3,7-12H2,1H3. The van der Waals surface area contributed by atoms with Crippen molar-refractivity contribution in [2.24, 2.45) is 10.8 Å². The minimum absolute atomic E-state index is 0.0454. The first kappa shape index (κ1) is 18.3. The molecule has 2 saturated heterocycles. The predicted octanol–water partition coefficient (Wildman–Crippen LogP) is 1.97. The van der Waals surface area contributed by atoms with Crippen molar-refractivity contribution in [3.8, 4) is 11.4 Å². The van der Waals surface area contributed by atoms with Crippen LogP contribution in [0.15, 0.2) is 18.5 Å². The zero-order chi connectivity index (χ0) is 19.4. The Morgan fingerprint density at radius 1 is 1.29 bits per heavy atom. The van der Waals surface area contributed by atoms with Crippen LogP contribution in [0.1, 0.15) is 19.8 Å². The average Bonchev–Trinajstić information content (AvgIpc) is 3.27. The van der Waals surface area contributed by atoms with Crippen molar-refractivity contribution < 1.29 is 14.6 Å². The Kier molecular flexibility index (Phi) is 4.35. The van der Waals surface area contributed by atoms with E-state index in [0.717, 1.165) is 32.0 Å². The molecule has 8 nitrogen and oxygen atoms in total. The molecule has 1 saturated carbocycles. The number of aliphatic hydroxyl groups excluding tert-OH is 1. The lowest BCUT2D eigenvalue weighted by molar-refractivity contribution is -0.213. The molecular formula is C19H24ClN5O3. The largest absolute Gasteiger partial charge is 0.396 e. The fourth-order valence-electron chi connectivity index (χ4n) is 3.80. The zero-order valence-electron chi connectivity index (χ0n) is 15.8. The number of nitrogens with zero attached hydrogens (tertiary/aromatic N) is 5. The first-order valence-corrected chi connectivity index (χ1v) is 10.0. The summed E-state index contributed by atoms with van der Waals surface area (Å²) in [6, 6.07) is 1.89. The van der Waals surface area contributed by atoms with Crippen LogP contribution in [0.25, 0.3) is 11.4 Å². The molecule has 150 valence electrons. The van der Waals surface area contributed by atoms with E-state index in [-0.39, 0.29) is 23.7 Å². The average molecular weight is 406 g/mol. The maximum Gasteiger partial charge on any atom is 0.177 e. The molecule has 2 aromatic heterocycles. The third-order valence-electron chi connectivity index (χ3n) is 5.94. The van der Waals surface area contributed by atoms with E-state index < -0.39 is 0 Å². The second-order valence-electron chi connectivity index (χ2n) is 8.73. The summed E-state index contributed by atoms with van der Waals surface area (Å²) in [4.78, 5) is 6.65. The number of hydrogen-bond donors (Lipinski definition) is 1. The van der Waals surface area contributed by atoms with E-state index in [2.05, 4.69) is 27.1 Å². The van der Waals surface area contributed by atoms with Gasteiger partial charge in [-0.05, 0) is 18.9 Å². The van der Waals surface area contributed by atoms with Gasteiger partial charge >= 0.3 is 0 Å². The van der Waals surface area contributed by atoms with Crippen LogP contribution < -0.4 is 4.90 Å². The van der Waals surface area contributed by atoms with Crippen LogP contribution in [-0.2, 0) is 16.0 Å². The van der Waals surface area contributed by atoms with Crippen LogP contribution in [0, 0.1) is 10.8 Å². The Labute approximate surface area is 168 Å². The van der Waals surface area contributed by atoms with Crippen LogP contribution in [0.3, 0.4) is 0 Å². The number of rotatable bonds is 5. The highest BCUT2D eigenvalue weighted by molar-refractivity contribution is 6.33. The fraction of sp³-hybridized carbons (Fsp3) is 0.632. The summed E-state index contributed by atoms with van der Waals surface area (Å²) in [6.07, 6.45) is 5.71. The molecule has 0 bridgehead atoms. The Hall–Kier alpha value is -1.74. The SMILES string of the molecule is CC1(CO)CN(c2cnc(-c3cn(CC4OCC5(CC5)CO4)nn3)c(Cl)c2)C1. The molecule has 2 aromatic rings. The van der Waals surface area contributed by atoms with Crippen molar-refractivity contribution in [3.63, 3.8) is 0 Å². The molecule has 1 N–H and O–H groups in total. The van der Waals surface area contributed by atoms with Gasteiger partial charge in [0.15, 0.2) is 6.29 Å². The van der Waals surface area contributed by atoms with Crippen molar-refractivity contribution in [2.75, 3.05) is 37.8 Å². The van der Waals surface area contributed by atoms with E-state index in [9.17, 15) is 5.11 Å². The molecule has 3 aliphatic rings. The van der Waals surface area contributed by atoms with Crippen molar-refractivity contribution in [1.82, 2.24) is 20.0 Å². The van der Waals surface area contributed by atoms with Crippen LogP contribution in [0.4, 0.5) is 5.69 Å². The first-order valence-electron chi connectivity index (χ1n) is 9.63. The zero-order valence-corrected chi connectivity index (χ0v) is 16.6. The minimum atomic E-state index is -0.293. The molecule has 0 atom stereocenters. The number of pyridine rings is 1. The van der Waals surface area contributed by atoms with E-state index in [1.54, 1.807) is 10.9 Å². The third-order valence-corrected chi connectivity index (χ3v) is 6.23. The Morgan fingerprint density at radius 3 is 2.68 bits per heavy atom. The van der Waals surface area contributed by atoms with E-state index in [1.165, 1.54) is 12.8 Å². The third kappa shape index (κ3) is 3.39. The van der Waals surface area contributed by atoms with Crippen molar-refractivity contribution in [1.29, 1.82) is 0 Å². The van der Waals surface area contributed by atoms with Gasteiger partial charge in [0.25, 0.3) is 0 Å². The molecule has 0 radical (unpaired) electrons. The summed E-state index contributed by atoms with van der Waals surface area (Å²) in [5, 5.41) is 18.3. The van der Waals surface area contributed by atoms with Crippen LogP contribution >= 0.6 is 11.6 Å². The van der Waals surface area contributed by atoms with Gasteiger partial charge < -0.3 is 19.5 Å². The van der Waals surface area contributed by atoms with Gasteiger partial charge in [-0.1, -0.05) is 23.7 Å². The molecule has 5 rings (SSSR count). The lowest BCUT2D eigenvalue weighted by atomic mass is 9.82. The van der Waals surface area contributed by atoms with Gasteiger partial charge in [0.2, 0.25) is 0 Å². The number of anilines is 1. The molecule has 4 heterocycles. The molecular weight excluding hydrogens is 382 g/mol. The molecule has 1 aliphatic carbocycles. The highest BCUT2D eigenvalue weighted by Gasteiger charge is 2.47. The molecule has 0 aromatic carbocycles. The molecule has 2 aliphatic heterocycles. The van der Waals surface area contributed by atoms with E-state index in [1.807, 2.05) is 12.3 Å². The quantitative estimate of drug-likeness (QED) is 0.813. The molecule has 3 fully saturated rings. The molecule has 28 heavy (non-hydrogen) atoms. The van der Waals surface area contributed by atoms with Gasteiger partial charge in [0, 0.05) is 23.9 Å². The number of hydrogen-bond acceptors (Lipinski definition) is 7. The minimum Gasteiger partial charge on any atom is -0.396 e. The highest BCUT2D eigenvalue weighted by atomic mass is 35.5. The number of ether oxygens (including phenoxy) is 2. The fourth-order valence-corrected chi connectivity index (χ4v) is 4.05. The monoisotopic (exact) mass is 405 g/mol. The number of aliphatic hydroxyl groups is 1. The molecule has 0 amide bonds. The van der Waals surface area contributed by atoms with Gasteiger partial charge in [-0.25, -0.2) is 4.68 Å². The lowest BCUT2D eigenvalue weighted by Crippen LogP contribution is -2.56. The summed E-state index contributed by atoms with van der Waals surface area (Å²) in [6.45, 7) is 5.85. The highest BCUT2D eigenvalue weighted by Crippen LogP contribution is 2.48. The Bertz CT molecular complexity index is 868. The molecule has 0 unspecified atom stereocenters. The van der Waals surface area contributed by atoms with Gasteiger partial charge in [-0.15, -0.1) is 5.10 Å². The van der Waals surface area contributed by atoms with Gasteiger partial charge in [-0.3, -0.25) is 4.98 Å². The Morgan fingerprint density at radius 2 is 2.04 bits per heavy atom. The molecule has 9 heteroatoms. The van der Waals surface area contributed by atoms with E-state index >= 15 is 0 Å². The molecule has 1 spiro atoms. The van der Waals surface area contributed by atoms with E-state index in [4.69, 9.17) is 21.1 Å². The van der Waals surface area contributed by atoms with Crippen molar-refractivity contribution >= 4 is 17.3 Å². The smallest absolute Gasteiger partial charge is 0.177 e. The van der Waals surface area contributed by atoms with Crippen LogP contribution in [0.5, 0.6) is 0 Å². The second-order valence-corrected chi connectivity index (χ2v) is 9.13. The maximum atomic E-state index is 9.40. The predicted molar refractivity (Wildman–Crippen MR) is 103 cm³/mol. The normalized spacial score (nSPS) is 23.0. The maximum absolute atomic E-state index is 9.40. The Balaban J connectivity index is 1.24. The summed E-state index contributed by atoms with van der Waals surface area (Å²) in [5.41, 5.74) is 2.41. The number of halogens is 1. The van der Waals surface area contributed by atoms with Crippen molar-refractivity contribution in [3.05, 3.63) is 23.5 Å². The van der Waals surface area contributed by atoms with Gasteiger partial charge in [0.1, 0.15) is 11.4 Å². The first-order chi connectivity index (χ1) is 13.5. The van der Waals surface area contributed by atoms with E-state index in [0.29, 0.717) is 23.0 Å². The summed E-state index contributed by atoms with van der Waals surface area (Å²) in [7, 11) is 0. The van der Waals surface area contributed by atoms with Crippen molar-refractivity contribution in [2.45, 2.75) is 32.6 Å². The topological polar surface area (TPSA) is 85.5 Å². The van der Waals surface area contributed by atoms with Gasteiger partial charge in [0.05, 0.1) is 49.5 Å². The lowest BCUT2D eigenvalue weighted by Gasteiger charge is -2.48. The second kappa shape index (κ2) is 6.66. The summed E-state index contributed by atoms with van der Waals surface area (Å²) < 4.78 is 13.3. The van der Waals surface area contributed by atoms with Crippen LogP contribution in [-0.4, -0.2) is 64.3 Å². The summed E-state index contributed by atoms with van der Waals surface area (Å²) in [5.74, 6) is 0. The summed E-state index contributed by atoms with van der Waals surface area (Å²) >= 11 is 6.47. The number of aromatic nitrogens is 4.